The number of hydrogen-bond donors (Lipinski definition) is 1. The first-order chi connectivity index (χ1) is 15.8. The molecule has 0 aromatic heterocycles. The van der Waals surface area contributed by atoms with Crippen molar-refractivity contribution in [3.8, 4) is 11.5 Å². The summed E-state index contributed by atoms with van der Waals surface area (Å²) < 4.78 is 39.4. The van der Waals surface area contributed by atoms with Crippen molar-refractivity contribution in [3.05, 3.63) is 77.3 Å². The number of halogens is 1. The first-order valence-corrected chi connectivity index (χ1v) is 12.2. The van der Waals surface area contributed by atoms with Crippen molar-refractivity contribution >= 4 is 38.9 Å². The molecule has 0 radical (unpaired) electrons. The third kappa shape index (κ3) is 4.91. The van der Waals surface area contributed by atoms with Crippen LogP contribution >= 0.6 is 11.6 Å². The number of nitrogens with one attached hydrogen (secondary N) is 1. The lowest BCUT2D eigenvalue weighted by Crippen LogP contribution is -2.48. The summed E-state index contributed by atoms with van der Waals surface area (Å²) in [6, 6.07) is 18.1. The lowest BCUT2D eigenvalue weighted by Gasteiger charge is -2.34. The number of sulfonamides is 1. The van der Waals surface area contributed by atoms with Gasteiger partial charge in [-0.05, 0) is 68.4 Å². The number of anilines is 2. The summed E-state index contributed by atoms with van der Waals surface area (Å²) in [6.45, 7) is 4.10. The fourth-order valence-corrected chi connectivity index (χ4v) is 5.08. The molecule has 1 aliphatic heterocycles. The van der Waals surface area contributed by atoms with Crippen LogP contribution in [0.4, 0.5) is 11.4 Å². The van der Waals surface area contributed by atoms with Gasteiger partial charge in [0.05, 0.1) is 23.7 Å². The van der Waals surface area contributed by atoms with Crippen molar-refractivity contribution in [1.82, 2.24) is 0 Å². The largest absolute Gasteiger partial charge is 0.494 e. The lowest BCUT2D eigenvalue weighted by molar-refractivity contribution is -0.122. The van der Waals surface area contributed by atoms with Crippen LogP contribution in [0.25, 0.3) is 0 Å². The number of amides is 1. The van der Waals surface area contributed by atoms with Gasteiger partial charge in [0.15, 0.2) is 6.10 Å². The zero-order valence-corrected chi connectivity index (χ0v) is 19.7. The minimum Gasteiger partial charge on any atom is -0.494 e. The molecule has 3 aromatic carbocycles. The summed E-state index contributed by atoms with van der Waals surface area (Å²) in [4.78, 5) is 13.1. The maximum atomic E-state index is 13.5. The molecule has 33 heavy (non-hydrogen) atoms. The number of benzene rings is 3. The lowest BCUT2D eigenvalue weighted by atomic mass is 10.2. The number of fused-ring (bicyclic) bond motifs is 1. The van der Waals surface area contributed by atoms with Gasteiger partial charge >= 0.3 is 0 Å². The minimum absolute atomic E-state index is 0.117. The Morgan fingerprint density at radius 2 is 1.82 bits per heavy atom. The second kappa shape index (κ2) is 9.33. The molecular formula is C24H23ClN2O5S. The van der Waals surface area contributed by atoms with E-state index >= 15 is 0 Å². The highest BCUT2D eigenvalue weighted by Crippen LogP contribution is 2.39. The molecule has 1 aliphatic rings. The zero-order chi connectivity index (χ0) is 23.6. The molecule has 0 fully saturated rings. The van der Waals surface area contributed by atoms with Crippen molar-refractivity contribution < 1.29 is 22.7 Å². The second-order valence-electron chi connectivity index (χ2n) is 7.51. The van der Waals surface area contributed by atoms with Crippen LogP contribution in [-0.2, 0) is 14.8 Å². The van der Waals surface area contributed by atoms with Gasteiger partial charge in [0.2, 0.25) is 0 Å². The summed E-state index contributed by atoms with van der Waals surface area (Å²) in [5.41, 5.74) is 1.77. The summed E-state index contributed by atoms with van der Waals surface area (Å²) in [6.07, 6.45) is -1.06. The molecule has 0 unspecified atom stereocenters. The second-order valence-corrected chi connectivity index (χ2v) is 9.81. The van der Waals surface area contributed by atoms with Crippen LogP contribution in [0.5, 0.6) is 11.5 Å². The van der Waals surface area contributed by atoms with Crippen molar-refractivity contribution in [1.29, 1.82) is 0 Å². The first-order valence-electron chi connectivity index (χ1n) is 10.4. The van der Waals surface area contributed by atoms with Gasteiger partial charge in [-0.2, -0.15) is 0 Å². The van der Waals surface area contributed by atoms with Crippen LogP contribution in [0.3, 0.4) is 0 Å². The van der Waals surface area contributed by atoms with Crippen molar-refractivity contribution in [3.63, 3.8) is 0 Å². The van der Waals surface area contributed by atoms with Gasteiger partial charge in [-0.3, -0.25) is 9.10 Å². The van der Waals surface area contributed by atoms with Crippen molar-refractivity contribution in [2.75, 3.05) is 22.8 Å². The van der Waals surface area contributed by atoms with E-state index in [1.165, 1.54) is 10.4 Å². The fraction of sp³-hybridized carbons (Fsp3) is 0.208. The molecule has 0 saturated carbocycles. The first kappa shape index (κ1) is 22.9. The molecule has 1 heterocycles. The fourth-order valence-electron chi connectivity index (χ4n) is 3.45. The van der Waals surface area contributed by atoms with E-state index in [2.05, 4.69) is 5.32 Å². The molecule has 4 rings (SSSR count). The average molecular weight is 487 g/mol. The topological polar surface area (TPSA) is 84.9 Å². The number of carbonyl (C=O) groups is 1. The Bertz CT molecular complexity index is 1260. The van der Waals surface area contributed by atoms with Gasteiger partial charge in [-0.15, -0.1) is 0 Å². The Balaban J connectivity index is 1.63. The van der Waals surface area contributed by atoms with Crippen molar-refractivity contribution in [2.24, 2.45) is 0 Å². The zero-order valence-electron chi connectivity index (χ0n) is 18.1. The summed E-state index contributed by atoms with van der Waals surface area (Å²) in [5.74, 6) is 0.475. The highest BCUT2D eigenvalue weighted by atomic mass is 35.5. The molecule has 9 heteroatoms. The number of rotatable bonds is 6. The van der Waals surface area contributed by atoms with Crippen molar-refractivity contribution in [2.45, 2.75) is 24.8 Å². The molecule has 0 aliphatic carbocycles. The molecule has 1 N–H and O–H groups in total. The van der Waals surface area contributed by atoms with Crippen LogP contribution in [0.2, 0.25) is 5.02 Å². The third-order valence-electron chi connectivity index (χ3n) is 5.12. The van der Waals surface area contributed by atoms with Gasteiger partial charge in [0.25, 0.3) is 15.9 Å². The van der Waals surface area contributed by atoms with Gasteiger partial charge in [-0.25, -0.2) is 8.42 Å². The monoisotopic (exact) mass is 486 g/mol. The van der Waals surface area contributed by atoms with E-state index in [1.54, 1.807) is 60.7 Å². The van der Waals surface area contributed by atoms with Crippen LogP contribution < -0.4 is 19.1 Å². The number of carbonyl (C=O) groups excluding carboxylic acids is 1. The van der Waals surface area contributed by atoms with Gasteiger partial charge in [-0.1, -0.05) is 29.3 Å². The average Bonchev–Trinajstić information content (AvgIpc) is 2.80. The van der Waals surface area contributed by atoms with E-state index in [0.29, 0.717) is 23.1 Å². The number of hydrogen-bond acceptors (Lipinski definition) is 5. The highest BCUT2D eigenvalue weighted by Gasteiger charge is 2.37. The summed E-state index contributed by atoms with van der Waals surface area (Å²) in [5, 5.41) is 3.14. The normalized spacial score (nSPS) is 15.4. The predicted molar refractivity (Wildman–Crippen MR) is 128 cm³/mol. The Morgan fingerprint density at radius 3 is 2.48 bits per heavy atom. The SMILES string of the molecule is CCOc1ccc(NC(=O)[C@@H]2CN(S(=O)(=O)c3ccc(C)cc3)c3cc(Cl)ccc3O2)cc1. The molecule has 1 amide bonds. The Labute approximate surface area is 197 Å². The van der Waals surface area contributed by atoms with E-state index in [-0.39, 0.29) is 22.9 Å². The van der Waals surface area contributed by atoms with Crippen LogP contribution in [0, 0.1) is 6.92 Å². The predicted octanol–water partition coefficient (Wildman–Crippen LogP) is 4.64. The Morgan fingerprint density at radius 1 is 1.12 bits per heavy atom. The van der Waals surface area contributed by atoms with Crippen LogP contribution in [-0.4, -0.2) is 33.6 Å². The quantitative estimate of drug-likeness (QED) is 0.548. The van der Waals surface area contributed by atoms with E-state index in [1.807, 2.05) is 13.8 Å². The van der Waals surface area contributed by atoms with Crippen LogP contribution in [0.1, 0.15) is 12.5 Å². The standard InChI is InChI=1S/C24H23ClN2O5S/c1-3-31-19-9-7-18(8-10-19)26-24(28)23-15-27(21-14-17(25)6-13-22(21)32-23)33(29,30)20-11-4-16(2)5-12-20/h4-14,23H,3,15H2,1-2H3,(H,26,28)/t23-/m0/s1. The molecule has 1 atom stereocenters. The Hall–Kier alpha value is -3.23. The number of aryl methyl sites for hydroxylation is 1. The molecule has 172 valence electrons. The molecule has 0 bridgehead atoms. The maximum absolute atomic E-state index is 13.5. The van der Waals surface area contributed by atoms with E-state index in [9.17, 15) is 13.2 Å². The number of nitrogens with zero attached hydrogens (tertiary/aromatic N) is 1. The van der Waals surface area contributed by atoms with Gasteiger partial charge in [0.1, 0.15) is 11.5 Å². The number of ether oxygens (including phenoxy) is 2. The van der Waals surface area contributed by atoms with Crippen LogP contribution in [0.15, 0.2) is 71.6 Å². The molecule has 7 nitrogen and oxygen atoms in total. The van der Waals surface area contributed by atoms with E-state index < -0.39 is 22.0 Å². The molecule has 0 spiro atoms. The molecule has 0 saturated heterocycles. The Kier molecular flexibility index (Phi) is 6.49. The van der Waals surface area contributed by atoms with Gasteiger partial charge in [0, 0.05) is 10.7 Å². The van der Waals surface area contributed by atoms with E-state index in [4.69, 9.17) is 21.1 Å². The highest BCUT2D eigenvalue weighted by molar-refractivity contribution is 7.92. The maximum Gasteiger partial charge on any atom is 0.267 e. The van der Waals surface area contributed by atoms with Gasteiger partial charge < -0.3 is 14.8 Å². The molecule has 3 aromatic rings. The van der Waals surface area contributed by atoms with E-state index in [0.717, 1.165) is 5.56 Å². The summed E-state index contributed by atoms with van der Waals surface area (Å²) in [7, 11) is -3.96. The smallest absolute Gasteiger partial charge is 0.267 e. The third-order valence-corrected chi connectivity index (χ3v) is 7.15. The minimum atomic E-state index is -3.96. The molecular weight excluding hydrogens is 464 g/mol. The summed E-state index contributed by atoms with van der Waals surface area (Å²) >= 11 is 6.13.